The first-order valence-electron chi connectivity index (χ1n) is 9.29. The van der Waals surface area contributed by atoms with Gasteiger partial charge in [-0.1, -0.05) is 23.8 Å². The van der Waals surface area contributed by atoms with Crippen LogP contribution in [0.25, 0.3) is 21.7 Å². The Balaban J connectivity index is 1.80. The van der Waals surface area contributed by atoms with E-state index in [1.807, 2.05) is 17.5 Å². The SMILES string of the molecule is Cc1cccc(-c2nc(C3CCN(C)CC3)sc2-c2ccnc(C)c2)c1. The van der Waals surface area contributed by atoms with Crippen LogP contribution in [-0.2, 0) is 0 Å². The molecule has 3 heterocycles. The maximum atomic E-state index is 5.16. The topological polar surface area (TPSA) is 29.0 Å². The predicted molar refractivity (Wildman–Crippen MR) is 110 cm³/mol. The zero-order chi connectivity index (χ0) is 18.1. The Kier molecular flexibility index (Phi) is 4.88. The normalized spacial score (nSPS) is 16.1. The fourth-order valence-electron chi connectivity index (χ4n) is 3.64. The zero-order valence-electron chi connectivity index (χ0n) is 15.7. The molecule has 0 bridgehead atoms. The van der Waals surface area contributed by atoms with Gasteiger partial charge in [-0.15, -0.1) is 11.3 Å². The number of hydrogen-bond acceptors (Lipinski definition) is 4. The van der Waals surface area contributed by atoms with E-state index in [-0.39, 0.29) is 0 Å². The summed E-state index contributed by atoms with van der Waals surface area (Å²) in [6, 6.07) is 13.0. The first-order chi connectivity index (χ1) is 12.6. The minimum Gasteiger partial charge on any atom is -0.306 e. The van der Waals surface area contributed by atoms with Gasteiger partial charge in [0.1, 0.15) is 0 Å². The highest BCUT2D eigenvalue weighted by Crippen LogP contribution is 2.41. The molecule has 26 heavy (non-hydrogen) atoms. The zero-order valence-corrected chi connectivity index (χ0v) is 16.5. The number of aryl methyl sites for hydroxylation is 2. The van der Waals surface area contributed by atoms with Gasteiger partial charge in [-0.05, 0) is 70.6 Å². The molecule has 0 atom stereocenters. The lowest BCUT2D eigenvalue weighted by Gasteiger charge is -2.27. The molecule has 0 saturated carbocycles. The molecule has 134 valence electrons. The molecular weight excluding hydrogens is 338 g/mol. The molecule has 0 unspecified atom stereocenters. The van der Waals surface area contributed by atoms with E-state index in [1.165, 1.54) is 39.4 Å². The molecular formula is C22H25N3S. The number of nitrogens with zero attached hydrogens (tertiary/aromatic N) is 3. The minimum atomic E-state index is 0.580. The van der Waals surface area contributed by atoms with Crippen molar-refractivity contribution in [1.82, 2.24) is 14.9 Å². The first-order valence-corrected chi connectivity index (χ1v) is 10.1. The van der Waals surface area contributed by atoms with Crippen LogP contribution >= 0.6 is 11.3 Å². The molecule has 0 aliphatic carbocycles. The van der Waals surface area contributed by atoms with Crippen molar-refractivity contribution in [2.45, 2.75) is 32.6 Å². The lowest BCUT2D eigenvalue weighted by atomic mass is 9.98. The summed E-state index contributed by atoms with van der Waals surface area (Å²) in [5.41, 5.74) is 5.88. The van der Waals surface area contributed by atoms with Crippen LogP contribution in [0.15, 0.2) is 42.6 Å². The molecule has 0 spiro atoms. The van der Waals surface area contributed by atoms with Crippen molar-refractivity contribution in [2.24, 2.45) is 0 Å². The third-order valence-corrected chi connectivity index (χ3v) is 6.43. The molecule has 3 aromatic rings. The van der Waals surface area contributed by atoms with E-state index >= 15 is 0 Å². The van der Waals surface area contributed by atoms with Gasteiger partial charge in [0.15, 0.2) is 0 Å². The van der Waals surface area contributed by atoms with Crippen molar-refractivity contribution in [1.29, 1.82) is 0 Å². The first kappa shape index (κ1) is 17.4. The molecule has 3 nitrogen and oxygen atoms in total. The molecule has 4 heteroatoms. The van der Waals surface area contributed by atoms with E-state index in [9.17, 15) is 0 Å². The van der Waals surface area contributed by atoms with Crippen LogP contribution in [0.4, 0.5) is 0 Å². The summed E-state index contributed by atoms with van der Waals surface area (Å²) in [7, 11) is 2.21. The van der Waals surface area contributed by atoms with Crippen LogP contribution in [0, 0.1) is 13.8 Å². The summed E-state index contributed by atoms with van der Waals surface area (Å²) >= 11 is 1.87. The van der Waals surface area contributed by atoms with E-state index in [0.29, 0.717) is 5.92 Å². The van der Waals surface area contributed by atoms with Crippen LogP contribution in [0.2, 0.25) is 0 Å². The van der Waals surface area contributed by atoms with Crippen LogP contribution in [-0.4, -0.2) is 35.0 Å². The number of thiazole rings is 1. The molecule has 1 fully saturated rings. The average molecular weight is 364 g/mol. The highest BCUT2D eigenvalue weighted by atomic mass is 32.1. The largest absolute Gasteiger partial charge is 0.306 e. The molecule has 0 radical (unpaired) electrons. The fraction of sp³-hybridized carbons (Fsp3) is 0.364. The highest BCUT2D eigenvalue weighted by Gasteiger charge is 2.24. The Morgan fingerprint density at radius 1 is 1.04 bits per heavy atom. The van der Waals surface area contributed by atoms with Gasteiger partial charge in [-0.25, -0.2) is 4.98 Å². The number of aromatic nitrogens is 2. The van der Waals surface area contributed by atoms with Crippen molar-refractivity contribution < 1.29 is 0 Å². The number of likely N-dealkylation sites (tertiary alicyclic amines) is 1. The van der Waals surface area contributed by atoms with Crippen LogP contribution < -0.4 is 0 Å². The quantitative estimate of drug-likeness (QED) is 0.632. The van der Waals surface area contributed by atoms with Gasteiger partial charge in [0.05, 0.1) is 15.6 Å². The maximum absolute atomic E-state index is 5.16. The van der Waals surface area contributed by atoms with E-state index in [0.717, 1.165) is 24.5 Å². The molecule has 1 aliphatic heterocycles. The Morgan fingerprint density at radius 3 is 2.58 bits per heavy atom. The van der Waals surface area contributed by atoms with Gasteiger partial charge in [0.2, 0.25) is 0 Å². The number of hydrogen-bond donors (Lipinski definition) is 0. The second kappa shape index (κ2) is 7.29. The fourth-order valence-corrected chi connectivity index (χ4v) is 4.89. The van der Waals surface area contributed by atoms with Crippen molar-refractivity contribution in [2.75, 3.05) is 20.1 Å². The number of rotatable bonds is 3. The molecule has 1 aliphatic rings. The van der Waals surface area contributed by atoms with Gasteiger partial charge in [-0.2, -0.15) is 0 Å². The Bertz CT molecular complexity index is 844. The summed E-state index contributed by atoms with van der Waals surface area (Å²) in [4.78, 5) is 13.2. The van der Waals surface area contributed by atoms with Gasteiger partial charge < -0.3 is 4.90 Å². The summed E-state index contributed by atoms with van der Waals surface area (Å²) in [5.74, 6) is 0.580. The van der Waals surface area contributed by atoms with Gasteiger partial charge >= 0.3 is 0 Å². The summed E-state index contributed by atoms with van der Waals surface area (Å²) in [6.45, 7) is 6.51. The van der Waals surface area contributed by atoms with Crippen LogP contribution in [0.1, 0.15) is 35.0 Å². The number of piperidine rings is 1. The van der Waals surface area contributed by atoms with E-state index in [2.05, 4.69) is 67.2 Å². The molecule has 1 saturated heterocycles. The molecule has 2 aromatic heterocycles. The Morgan fingerprint density at radius 2 is 1.85 bits per heavy atom. The standard InChI is InChI=1S/C22H25N3S/c1-15-5-4-6-18(13-15)20-21(19-7-10-23-16(2)14-19)26-22(24-20)17-8-11-25(3)12-9-17/h4-7,10,13-14,17H,8-9,11-12H2,1-3H3. The average Bonchev–Trinajstić information content (AvgIpc) is 3.08. The number of pyridine rings is 1. The molecule has 0 N–H and O–H groups in total. The smallest absolute Gasteiger partial charge is 0.0970 e. The van der Waals surface area contributed by atoms with Crippen LogP contribution in [0.3, 0.4) is 0 Å². The van der Waals surface area contributed by atoms with Crippen molar-refractivity contribution >= 4 is 11.3 Å². The molecule has 4 rings (SSSR count). The van der Waals surface area contributed by atoms with Crippen molar-refractivity contribution in [3.05, 3.63) is 58.9 Å². The van der Waals surface area contributed by atoms with Crippen LogP contribution in [0.5, 0.6) is 0 Å². The summed E-state index contributed by atoms with van der Waals surface area (Å²) in [5, 5.41) is 1.29. The van der Waals surface area contributed by atoms with E-state index < -0.39 is 0 Å². The monoisotopic (exact) mass is 363 g/mol. The number of benzene rings is 1. The third-order valence-electron chi connectivity index (χ3n) is 5.16. The second-order valence-corrected chi connectivity index (χ2v) is 8.39. The Hall–Kier alpha value is -2.04. The second-order valence-electron chi connectivity index (χ2n) is 7.36. The maximum Gasteiger partial charge on any atom is 0.0970 e. The van der Waals surface area contributed by atoms with Gasteiger partial charge in [0, 0.05) is 23.4 Å². The Labute approximate surface area is 159 Å². The lowest BCUT2D eigenvalue weighted by molar-refractivity contribution is 0.255. The minimum absolute atomic E-state index is 0.580. The van der Waals surface area contributed by atoms with Crippen molar-refractivity contribution in [3.63, 3.8) is 0 Å². The third kappa shape index (κ3) is 3.57. The summed E-state index contributed by atoms with van der Waals surface area (Å²) in [6.07, 6.45) is 4.30. The summed E-state index contributed by atoms with van der Waals surface area (Å²) < 4.78 is 0. The molecule has 0 amide bonds. The van der Waals surface area contributed by atoms with E-state index in [4.69, 9.17) is 4.98 Å². The predicted octanol–water partition coefficient (Wildman–Crippen LogP) is 5.30. The van der Waals surface area contributed by atoms with Gasteiger partial charge in [0.25, 0.3) is 0 Å². The van der Waals surface area contributed by atoms with Gasteiger partial charge in [-0.3, -0.25) is 4.98 Å². The van der Waals surface area contributed by atoms with Crippen molar-refractivity contribution in [3.8, 4) is 21.7 Å². The lowest BCUT2D eigenvalue weighted by Crippen LogP contribution is -2.29. The van der Waals surface area contributed by atoms with E-state index in [1.54, 1.807) is 0 Å². The highest BCUT2D eigenvalue weighted by molar-refractivity contribution is 7.15. The molecule has 1 aromatic carbocycles.